The molecule has 182 valence electrons. The van der Waals surface area contributed by atoms with Gasteiger partial charge in [0.15, 0.2) is 0 Å². The van der Waals surface area contributed by atoms with Crippen molar-refractivity contribution >= 4 is 11.7 Å². The number of benzene rings is 1. The number of aryl methyl sites for hydroxylation is 2. The molecular weight excluding hydrogens is 433 g/mol. The van der Waals surface area contributed by atoms with E-state index in [2.05, 4.69) is 17.4 Å². The molecule has 0 bridgehead atoms. The van der Waals surface area contributed by atoms with Crippen LogP contribution in [0.5, 0.6) is 0 Å². The Kier molecular flexibility index (Phi) is 7.11. The van der Waals surface area contributed by atoms with E-state index in [0.717, 1.165) is 69.2 Å². The van der Waals surface area contributed by atoms with Crippen molar-refractivity contribution < 1.29 is 19.0 Å². The van der Waals surface area contributed by atoms with E-state index in [4.69, 9.17) is 9.72 Å². The Bertz CT molecular complexity index is 1030. The number of anilines is 1. The lowest BCUT2D eigenvalue weighted by molar-refractivity contribution is -0.143. The van der Waals surface area contributed by atoms with Crippen LogP contribution in [0.15, 0.2) is 30.3 Å². The summed E-state index contributed by atoms with van der Waals surface area (Å²) < 4.78 is 20.1. The number of carboxylic acid groups (broad SMARTS) is 1. The summed E-state index contributed by atoms with van der Waals surface area (Å²) >= 11 is 0. The molecule has 3 heterocycles. The van der Waals surface area contributed by atoms with Gasteiger partial charge in [0.1, 0.15) is 11.9 Å². The van der Waals surface area contributed by atoms with Crippen LogP contribution in [0.2, 0.25) is 0 Å². The largest absolute Gasteiger partial charge is 0.480 e. The highest BCUT2D eigenvalue weighted by atomic mass is 19.1. The highest BCUT2D eigenvalue weighted by Crippen LogP contribution is 2.44. The number of halogens is 1. The zero-order chi connectivity index (χ0) is 23.5. The smallest absolute Gasteiger partial charge is 0.325 e. The van der Waals surface area contributed by atoms with Gasteiger partial charge in [0.05, 0.1) is 17.5 Å². The van der Waals surface area contributed by atoms with E-state index in [1.165, 1.54) is 23.5 Å². The number of pyridine rings is 1. The Balaban J connectivity index is 1.10. The van der Waals surface area contributed by atoms with E-state index in [1.807, 2.05) is 4.90 Å². The van der Waals surface area contributed by atoms with Crippen molar-refractivity contribution in [1.82, 2.24) is 9.88 Å². The van der Waals surface area contributed by atoms with Crippen molar-refractivity contribution in [3.63, 3.8) is 0 Å². The van der Waals surface area contributed by atoms with Crippen LogP contribution in [0.25, 0.3) is 0 Å². The molecule has 1 aliphatic carbocycles. The molecule has 1 aromatic carbocycles. The van der Waals surface area contributed by atoms with Gasteiger partial charge in [0, 0.05) is 31.9 Å². The molecule has 0 amide bonds. The molecule has 34 heavy (non-hydrogen) atoms. The summed E-state index contributed by atoms with van der Waals surface area (Å²) in [4.78, 5) is 19.0. The first-order chi connectivity index (χ1) is 16.6. The Morgan fingerprint density at radius 3 is 2.94 bits per heavy atom. The van der Waals surface area contributed by atoms with Gasteiger partial charge in [-0.15, -0.1) is 0 Å². The van der Waals surface area contributed by atoms with Crippen LogP contribution in [0.1, 0.15) is 73.0 Å². The van der Waals surface area contributed by atoms with Crippen molar-refractivity contribution in [2.45, 2.75) is 69.4 Å². The van der Waals surface area contributed by atoms with E-state index >= 15 is 0 Å². The molecule has 5 rings (SSSR count). The van der Waals surface area contributed by atoms with Crippen molar-refractivity contribution in [1.29, 1.82) is 0 Å². The lowest BCUT2D eigenvalue weighted by Crippen LogP contribution is -2.34. The highest BCUT2D eigenvalue weighted by Gasteiger charge is 2.37. The molecule has 2 atom stereocenters. The number of nitrogens with one attached hydrogen (secondary N) is 1. The Labute approximate surface area is 200 Å². The monoisotopic (exact) mass is 467 g/mol. The maximum Gasteiger partial charge on any atom is 0.325 e. The van der Waals surface area contributed by atoms with Gasteiger partial charge in [-0.2, -0.15) is 0 Å². The summed E-state index contributed by atoms with van der Waals surface area (Å²) in [5.41, 5.74) is 5.10. The molecule has 2 N–H and O–H groups in total. The van der Waals surface area contributed by atoms with Gasteiger partial charge in [0.2, 0.25) is 0 Å². The van der Waals surface area contributed by atoms with E-state index in [-0.39, 0.29) is 11.9 Å². The van der Waals surface area contributed by atoms with Crippen LogP contribution >= 0.6 is 0 Å². The Hall–Kier alpha value is -2.51. The minimum Gasteiger partial charge on any atom is -0.480 e. The van der Waals surface area contributed by atoms with Crippen LogP contribution in [-0.2, 0) is 22.4 Å². The number of ether oxygens (including phenoxy) is 1. The number of unbranched alkanes of at least 4 members (excludes halogenated alkanes) is 1. The quantitative estimate of drug-likeness (QED) is 0.494. The number of nitrogens with zero attached hydrogens (tertiary/aromatic N) is 2. The number of aromatic nitrogens is 1. The number of aliphatic carboxylic acids is 1. The van der Waals surface area contributed by atoms with Gasteiger partial charge in [0.25, 0.3) is 0 Å². The second-order valence-electron chi connectivity index (χ2n) is 9.85. The predicted molar refractivity (Wildman–Crippen MR) is 129 cm³/mol. The van der Waals surface area contributed by atoms with Gasteiger partial charge in [-0.3, -0.25) is 14.7 Å². The molecule has 7 heteroatoms. The van der Waals surface area contributed by atoms with Gasteiger partial charge in [-0.1, -0.05) is 6.07 Å². The molecule has 2 fully saturated rings. The Morgan fingerprint density at radius 2 is 2.12 bits per heavy atom. The number of rotatable bonds is 10. The zero-order valence-corrected chi connectivity index (χ0v) is 19.6. The van der Waals surface area contributed by atoms with Crippen LogP contribution in [-0.4, -0.2) is 53.3 Å². The average Bonchev–Trinajstić information content (AvgIpc) is 3.57. The molecule has 2 aromatic rings. The first kappa shape index (κ1) is 23.2. The number of hydrogen-bond donors (Lipinski definition) is 2. The molecule has 0 radical (unpaired) electrons. The fourth-order valence-electron chi connectivity index (χ4n) is 5.33. The molecule has 3 aliphatic rings. The van der Waals surface area contributed by atoms with Crippen LogP contribution in [0.3, 0.4) is 0 Å². The number of carboxylic acids is 1. The molecule has 1 aromatic heterocycles. The molecule has 1 unspecified atom stereocenters. The SMILES string of the molecule is O=C(O)C(c1cc(F)ccc1C1CC1)N1CC[C@@H](OCCCCc2ccc3c(n2)CCCN3)C1. The van der Waals surface area contributed by atoms with E-state index in [9.17, 15) is 14.3 Å². The van der Waals surface area contributed by atoms with Gasteiger partial charge >= 0.3 is 5.97 Å². The van der Waals surface area contributed by atoms with Crippen LogP contribution in [0, 0.1) is 5.82 Å². The van der Waals surface area contributed by atoms with E-state index in [0.29, 0.717) is 31.2 Å². The molecule has 1 saturated heterocycles. The fourth-order valence-corrected chi connectivity index (χ4v) is 5.33. The zero-order valence-electron chi connectivity index (χ0n) is 19.6. The van der Waals surface area contributed by atoms with Crippen LogP contribution < -0.4 is 5.32 Å². The van der Waals surface area contributed by atoms with Crippen molar-refractivity contribution in [2.75, 3.05) is 31.6 Å². The molecular formula is C27H34FN3O3. The van der Waals surface area contributed by atoms with Crippen molar-refractivity contribution in [3.05, 3.63) is 58.7 Å². The predicted octanol–water partition coefficient (Wildman–Crippen LogP) is 4.70. The summed E-state index contributed by atoms with van der Waals surface area (Å²) in [7, 11) is 0. The summed E-state index contributed by atoms with van der Waals surface area (Å²) in [6.45, 7) is 2.91. The summed E-state index contributed by atoms with van der Waals surface area (Å²) in [5, 5.41) is 13.4. The van der Waals surface area contributed by atoms with E-state index < -0.39 is 12.0 Å². The minimum atomic E-state index is -0.916. The Morgan fingerprint density at radius 1 is 1.24 bits per heavy atom. The number of hydrogen-bond acceptors (Lipinski definition) is 5. The second-order valence-corrected chi connectivity index (χ2v) is 9.85. The maximum absolute atomic E-state index is 14.0. The lowest BCUT2D eigenvalue weighted by atomic mass is 9.96. The number of likely N-dealkylation sites (tertiary alicyclic amines) is 1. The van der Waals surface area contributed by atoms with Crippen LogP contribution in [0.4, 0.5) is 10.1 Å². The first-order valence-corrected chi connectivity index (χ1v) is 12.7. The van der Waals surface area contributed by atoms with Crippen molar-refractivity contribution in [2.24, 2.45) is 0 Å². The topological polar surface area (TPSA) is 74.7 Å². The third-order valence-electron chi connectivity index (χ3n) is 7.25. The standard InChI is InChI=1S/C27H34FN3O3/c28-19-8-10-22(18-6-7-18)23(16-19)26(27(32)33)31-14-12-21(17-31)34-15-2-1-4-20-9-11-24-25(30-20)5-3-13-29-24/h8-11,16,18,21,26,29H,1-7,12-15,17H2,(H,32,33)/t21-,26?/m1/s1. The van der Waals surface area contributed by atoms with E-state index in [1.54, 1.807) is 6.07 Å². The number of carbonyl (C=O) groups is 1. The first-order valence-electron chi connectivity index (χ1n) is 12.7. The van der Waals surface area contributed by atoms with Gasteiger partial charge in [-0.25, -0.2) is 4.39 Å². The third-order valence-corrected chi connectivity index (χ3v) is 7.25. The minimum absolute atomic E-state index is 0.0210. The summed E-state index contributed by atoms with van der Waals surface area (Å²) in [6.07, 6.45) is 8.02. The second kappa shape index (κ2) is 10.4. The highest BCUT2D eigenvalue weighted by molar-refractivity contribution is 5.76. The normalized spacial score (nSPS) is 21.1. The average molecular weight is 468 g/mol. The summed E-state index contributed by atoms with van der Waals surface area (Å²) in [5.74, 6) is -0.920. The lowest BCUT2D eigenvalue weighted by Gasteiger charge is -2.26. The molecule has 6 nitrogen and oxygen atoms in total. The third kappa shape index (κ3) is 5.41. The maximum atomic E-state index is 14.0. The fraction of sp³-hybridized carbons (Fsp3) is 0.556. The molecule has 0 spiro atoms. The number of fused-ring (bicyclic) bond motifs is 1. The van der Waals surface area contributed by atoms with Gasteiger partial charge < -0.3 is 15.2 Å². The van der Waals surface area contributed by atoms with Gasteiger partial charge in [-0.05, 0) is 92.7 Å². The molecule has 2 aliphatic heterocycles. The molecule has 1 saturated carbocycles. The van der Waals surface area contributed by atoms with Crippen molar-refractivity contribution in [3.8, 4) is 0 Å². The summed E-state index contributed by atoms with van der Waals surface area (Å²) in [6, 6.07) is 8.09.